The van der Waals surface area contributed by atoms with E-state index < -0.39 is 5.92 Å². The molecule has 2 aromatic rings. The number of carbonyl (C=O) groups is 2. The maximum Gasteiger partial charge on any atom is 0.233 e. The number of ketones is 1. The Bertz CT molecular complexity index is 711. The number of likely N-dealkylation sites (N-methyl/N-ethyl adjacent to an activating group) is 1. The molecule has 3 rings (SSSR count). The van der Waals surface area contributed by atoms with Crippen molar-refractivity contribution in [3.63, 3.8) is 0 Å². The summed E-state index contributed by atoms with van der Waals surface area (Å²) in [6, 6.07) is 15.7. The van der Waals surface area contributed by atoms with E-state index in [-0.39, 0.29) is 23.4 Å². The van der Waals surface area contributed by atoms with E-state index in [9.17, 15) is 14.7 Å². The molecule has 0 bridgehead atoms. The van der Waals surface area contributed by atoms with Crippen LogP contribution in [0.4, 0.5) is 0 Å². The van der Waals surface area contributed by atoms with Gasteiger partial charge in [-0.15, -0.1) is 0 Å². The third kappa shape index (κ3) is 2.37. The first-order valence-corrected chi connectivity index (χ1v) is 7.21. The van der Waals surface area contributed by atoms with Gasteiger partial charge in [0.25, 0.3) is 0 Å². The summed E-state index contributed by atoms with van der Waals surface area (Å²) in [7, 11) is 1.69. The van der Waals surface area contributed by atoms with Gasteiger partial charge in [0.1, 0.15) is 11.7 Å². The molecule has 2 aromatic carbocycles. The van der Waals surface area contributed by atoms with Gasteiger partial charge in [-0.25, -0.2) is 0 Å². The van der Waals surface area contributed by atoms with Crippen molar-refractivity contribution in [3.05, 3.63) is 65.7 Å². The molecule has 0 radical (unpaired) electrons. The van der Waals surface area contributed by atoms with Crippen molar-refractivity contribution in [3.8, 4) is 5.75 Å². The first-order valence-electron chi connectivity index (χ1n) is 7.21. The van der Waals surface area contributed by atoms with Crippen molar-refractivity contribution in [2.45, 2.75) is 5.92 Å². The smallest absolute Gasteiger partial charge is 0.233 e. The molecule has 0 saturated carbocycles. The summed E-state index contributed by atoms with van der Waals surface area (Å²) in [6.07, 6.45) is 0. The fourth-order valence-corrected chi connectivity index (χ4v) is 3.06. The molecule has 0 unspecified atom stereocenters. The highest BCUT2D eigenvalue weighted by Crippen LogP contribution is 2.38. The van der Waals surface area contributed by atoms with Crippen LogP contribution in [0.3, 0.4) is 0 Å². The molecule has 1 fully saturated rings. The lowest BCUT2D eigenvalue weighted by Gasteiger charge is -2.17. The number of benzene rings is 2. The number of phenols is 1. The van der Waals surface area contributed by atoms with Crippen molar-refractivity contribution < 1.29 is 14.7 Å². The number of hydrogen-bond donors (Lipinski definition) is 1. The molecule has 1 saturated heterocycles. The third-order valence-electron chi connectivity index (χ3n) is 4.19. The van der Waals surface area contributed by atoms with Gasteiger partial charge < -0.3 is 10.0 Å². The number of hydrogen-bond acceptors (Lipinski definition) is 3. The maximum absolute atomic E-state index is 12.8. The molecular weight excluding hydrogens is 278 g/mol. The maximum atomic E-state index is 12.8. The lowest BCUT2D eigenvalue weighted by molar-refractivity contribution is -0.128. The Balaban J connectivity index is 2.01. The van der Waals surface area contributed by atoms with E-state index in [0.717, 1.165) is 0 Å². The molecule has 4 nitrogen and oxygen atoms in total. The normalized spacial score (nSPS) is 21.1. The van der Waals surface area contributed by atoms with Gasteiger partial charge in [-0.2, -0.15) is 0 Å². The third-order valence-corrected chi connectivity index (χ3v) is 4.19. The van der Waals surface area contributed by atoms with E-state index in [2.05, 4.69) is 0 Å². The summed E-state index contributed by atoms with van der Waals surface area (Å²) in [4.78, 5) is 26.8. The lowest BCUT2D eigenvalue weighted by Crippen LogP contribution is -2.28. The zero-order chi connectivity index (χ0) is 15.7. The quantitative estimate of drug-likeness (QED) is 0.699. The van der Waals surface area contributed by atoms with E-state index in [1.807, 2.05) is 12.1 Å². The van der Waals surface area contributed by atoms with Gasteiger partial charge in [0.05, 0.1) is 0 Å². The van der Waals surface area contributed by atoms with Crippen molar-refractivity contribution in [2.24, 2.45) is 5.92 Å². The summed E-state index contributed by atoms with van der Waals surface area (Å²) < 4.78 is 0. The summed E-state index contributed by atoms with van der Waals surface area (Å²) in [5.41, 5.74) is 1.17. The topological polar surface area (TPSA) is 57.6 Å². The minimum Gasteiger partial charge on any atom is -0.508 e. The highest BCUT2D eigenvalue weighted by atomic mass is 16.3. The second-order valence-corrected chi connectivity index (χ2v) is 5.59. The molecule has 0 aromatic heterocycles. The van der Waals surface area contributed by atoms with E-state index in [1.54, 1.807) is 54.4 Å². The monoisotopic (exact) mass is 295 g/mol. The van der Waals surface area contributed by atoms with Crippen LogP contribution < -0.4 is 0 Å². The molecule has 1 amide bonds. The fraction of sp³-hybridized carbons (Fsp3) is 0.222. The van der Waals surface area contributed by atoms with Crippen LogP contribution in [0, 0.1) is 5.92 Å². The first kappa shape index (κ1) is 14.3. The van der Waals surface area contributed by atoms with Gasteiger partial charge >= 0.3 is 0 Å². The summed E-state index contributed by atoms with van der Waals surface area (Å²) >= 11 is 0. The second-order valence-electron chi connectivity index (χ2n) is 5.59. The number of amides is 1. The van der Waals surface area contributed by atoms with E-state index >= 15 is 0 Å². The second kappa shape index (κ2) is 5.64. The van der Waals surface area contributed by atoms with E-state index in [0.29, 0.717) is 17.7 Å². The molecule has 1 aliphatic rings. The number of carbonyl (C=O) groups excluding carboxylic acids is 2. The summed E-state index contributed by atoms with van der Waals surface area (Å²) in [6.45, 7) is 0.430. The Morgan fingerprint density at radius 3 is 2.41 bits per heavy atom. The molecule has 0 spiro atoms. The molecule has 112 valence electrons. The molecular formula is C18H17NO3. The molecule has 22 heavy (non-hydrogen) atoms. The molecule has 2 atom stereocenters. The van der Waals surface area contributed by atoms with Gasteiger partial charge in [0.2, 0.25) is 5.91 Å². The zero-order valence-electron chi connectivity index (χ0n) is 12.3. The number of phenolic OH excluding ortho intramolecular Hbond substituents is 1. The fourth-order valence-electron chi connectivity index (χ4n) is 3.06. The van der Waals surface area contributed by atoms with Gasteiger partial charge in [-0.05, 0) is 11.6 Å². The predicted molar refractivity (Wildman–Crippen MR) is 82.7 cm³/mol. The molecule has 1 N–H and O–H groups in total. The van der Waals surface area contributed by atoms with Gasteiger partial charge in [-0.3, -0.25) is 9.59 Å². The predicted octanol–water partition coefficient (Wildman–Crippen LogP) is 2.45. The molecule has 0 aliphatic carbocycles. The van der Waals surface area contributed by atoms with Gasteiger partial charge in [-0.1, -0.05) is 48.5 Å². The number of rotatable bonds is 3. The van der Waals surface area contributed by atoms with Crippen molar-refractivity contribution in [1.29, 1.82) is 0 Å². The van der Waals surface area contributed by atoms with Crippen molar-refractivity contribution in [2.75, 3.05) is 13.6 Å². The van der Waals surface area contributed by atoms with Crippen LogP contribution in [0.2, 0.25) is 0 Å². The molecule has 1 aliphatic heterocycles. The van der Waals surface area contributed by atoms with E-state index in [4.69, 9.17) is 0 Å². The SMILES string of the molecule is CN1C[C@H](c2ccccc2O)[C@@H](C(=O)c2ccccc2)C1=O. The van der Waals surface area contributed by atoms with Crippen molar-refractivity contribution in [1.82, 2.24) is 4.90 Å². The van der Waals surface area contributed by atoms with Crippen LogP contribution in [0.5, 0.6) is 5.75 Å². The average Bonchev–Trinajstić information content (AvgIpc) is 2.83. The van der Waals surface area contributed by atoms with Crippen LogP contribution in [0.1, 0.15) is 21.8 Å². The van der Waals surface area contributed by atoms with E-state index in [1.165, 1.54) is 0 Å². The van der Waals surface area contributed by atoms with Crippen LogP contribution in [0.25, 0.3) is 0 Å². The number of Topliss-reactive ketones (excluding diaryl/α,β-unsaturated/α-hetero) is 1. The number of likely N-dealkylation sites (tertiary alicyclic amines) is 1. The number of nitrogens with zero attached hydrogens (tertiary/aromatic N) is 1. The zero-order valence-corrected chi connectivity index (χ0v) is 12.3. The van der Waals surface area contributed by atoms with Crippen molar-refractivity contribution >= 4 is 11.7 Å². The van der Waals surface area contributed by atoms with Crippen LogP contribution >= 0.6 is 0 Å². The lowest BCUT2D eigenvalue weighted by atomic mass is 9.83. The minimum atomic E-state index is -0.777. The Hall–Kier alpha value is -2.62. The Kier molecular flexibility index (Phi) is 3.67. The summed E-state index contributed by atoms with van der Waals surface area (Å²) in [5.74, 6) is -1.36. The Morgan fingerprint density at radius 2 is 1.73 bits per heavy atom. The average molecular weight is 295 g/mol. The first-order chi connectivity index (χ1) is 10.6. The highest BCUT2D eigenvalue weighted by Gasteiger charge is 2.45. The number of para-hydroxylation sites is 1. The summed E-state index contributed by atoms with van der Waals surface area (Å²) in [5, 5.41) is 10.1. The Morgan fingerprint density at radius 1 is 1.09 bits per heavy atom. The van der Waals surface area contributed by atoms with Crippen LogP contribution in [0.15, 0.2) is 54.6 Å². The largest absolute Gasteiger partial charge is 0.508 e. The van der Waals surface area contributed by atoms with Crippen LogP contribution in [-0.4, -0.2) is 35.3 Å². The molecule has 4 heteroatoms. The number of aromatic hydroxyl groups is 1. The Labute approximate surface area is 129 Å². The molecule has 1 heterocycles. The minimum absolute atomic E-state index is 0.126. The van der Waals surface area contributed by atoms with Gasteiger partial charge in [0.15, 0.2) is 5.78 Å². The highest BCUT2D eigenvalue weighted by molar-refractivity contribution is 6.11. The van der Waals surface area contributed by atoms with Gasteiger partial charge in [0, 0.05) is 25.1 Å². The standard InChI is InChI=1S/C18H17NO3/c1-19-11-14(13-9-5-6-10-15(13)20)16(18(19)22)17(21)12-7-3-2-4-8-12/h2-10,14,16,20H,11H2,1H3/t14-,16+/m1/s1. The van der Waals surface area contributed by atoms with Crippen LogP contribution in [-0.2, 0) is 4.79 Å².